The minimum Gasteiger partial charge on any atom is -0.356 e. The predicted octanol–water partition coefficient (Wildman–Crippen LogP) is 1.34. The molecule has 1 heterocycles. The van der Waals surface area contributed by atoms with E-state index in [0.717, 1.165) is 19.6 Å². The summed E-state index contributed by atoms with van der Waals surface area (Å²) in [4.78, 5) is 18.1. The average Bonchev–Trinajstić information content (AvgIpc) is 2.40. The summed E-state index contributed by atoms with van der Waals surface area (Å²) in [7, 11) is 0. The van der Waals surface area contributed by atoms with Gasteiger partial charge in [-0.1, -0.05) is 24.9 Å². The smallest absolute Gasteiger partial charge is 0.327 e. The maximum Gasteiger partial charge on any atom is 0.327 e. The zero-order valence-electron chi connectivity index (χ0n) is 11.1. The highest BCUT2D eigenvalue weighted by molar-refractivity contribution is 5.69. The van der Waals surface area contributed by atoms with Crippen molar-refractivity contribution in [3.05, 3.63) is 0 Å². The van der Waals surface area contributed by atoms with Gasteiger partial charge in [0.2, 0.25) is 0 Å². The van der Waals surface area contributed by atoms with Gasteiger partial charge in [0.05, 0.1) is 6.42 Å². The Balaban J connectivity index is 1.68. The topological polar surface area (TPSA) is 67.6 Å². The van der Waals surface area contributed by atoms with Crippen LogP contribution in [0.5, 0.6) is 0 Å². The predicted molar refractivity (Wildman–Crippen MR) is 69.2 cm³/mol. The van der Waals surface area contributed by atoms with Crippen LogP contribution >= 0.6 is 0 Å². The van der Waals surface area contributed by atoms with E-state index < -0.39 is 0 Å². The van der Waals surface area contributed by atoms with E-state index in [1.54, 1.807) is 0 Å². The fraction of sp³-hybridized carbons (Fsp3) is 0.923. The van der Waals surface area contributed by atoms with E-state index in [1.807, 2.05) is 5.59 Å². The molecule has 0 unspecified atom stereocenters. The molecule has 0 aromatic carbocycles. The molecule has 5 heteroatoms. The molecule has 0 bridgehead atoms. The summed E-state index contributed by atoms with van der Waals surface area (Å²) >= 11 is 0. The van der Waals surface area contributed by atoms with Gasteiger partial charge in [0.1, 0.15) is 0 Å². The Labute approximate surface area is 109 Å². The lowest BCUT2D eigenvalue weighted by molar-refractivity contribution is -0.151. The highest BCUT2D eigenvalue weighted by atomic mass is 16.7. The molecular weight excluding hydrogens is 230 g/mol. The van der Waals surface area contributed by atoms with Crippen LogP contribution in [-0.4, -0.2) is 30.5 Å². The standard InChI is InChI=1S/C13H25N3O2/c14-15-18-12(17)4-9-16-10-7-13(8-11-16)5-2-1-3-6-13/h15H,1-11,14H2. The zero-order chi connectivity index (χ0) is 12.8. The van der Waals surface area contributed by atoms with Crippen molar-refractivity contribution in [3.8, 4) is 0 Å². The summed E-state index contributed by atoms with van der Waals surface area (Å²) in [6.45, 7) is 3.04. The number of nitrogens with zero attached hydrogens (tertiary/aromatic N) is 1. The van der Waals surface area contributed by atoms with Gasteiger partial charge in [-0.2, -0.15) is 0 Å². The van der Waals surface area contributed by atoms with Crippen LogP contribution in [-0.2, 0) is 9.63 Å². The molecule has 0 amide bonds. The van der Waals surface area contributed by atoms with Crippen LogP contribution in [0.1, 0.15) is 51.4 Å². The van der Waals surface area contributed by atoms with Crippen LogP contribution in [0.2, 0.25) is 0 Å². The number of nitrogens with two attached hydrogens (primary N) is 1. The molecule has 104 valence electrons. The third-order valence-corrected chi connectivity index (χ3v) is 4.64. The first-order valence-electron chi connectivity index (χ1n) is 7.12. The minimum atomic E-state index is -0.282. The normalized spacial score (nSPS) is 24.1. The van der Waals surface area contributed by atoms with E-state index >= 15 is 0 Å². The molecule has 0 aromatic heterocycles. The average molecular weight is 255 g/mol. The summed E-state index contributed by atoms with van der Waals surface area (Å²) < 4.78 is 0. The largest absolute Gasteiger partial charge is 0.356 e. The van der Waals surface area contributed by atoms with Gasteiger partial charge in [-0.25, -0.2) is 5.84 Å². The SMILES string of the molecule is NNOC(=O)CCN1CCC2(CCCCC2)CC1. The van der Waals surface area contributed by atoms with Gasteiger partial charge in [0, 0.05) is 6.54 Å². The van der Waals surface area contributed by atoms with E-state index in [1.165, 1.54) is 44.9 Å². The first kappa shape index (κ1) is 13.8. The fourth-order valence-corrected chi connectivity index (χ4v) is 3.42. The van der Waals surface area contributed by atoms with E-state index in [4.69, 9.17) is 5.84 Å². The maximum atomic E-state index is 11.2. The first-order valence-corrected chi connectivity index (χ1v) is 7.12. The zero-order valence-corrected chi connectivity index (χ0v) is 11.1. The van der Waals surface area contributed by atoms with Gasteiger partial charge in [0.15, 0.2) is 0 Å². The summed E-state index contributed by atoms with van der Waals surface area (Å²) in [5, 5.41) is 0. The number of hydrogen-bond acceptors (Lipinski definition) is 5. The number of piperidine rings is 1. The Morgan fingerprint density at radius 1 is 1.17 bits per heavy atom. The minimum absolute atomic E-state index is 0.282. The molecule has 1 aliphatic heterocycles. The van der Waals surface area contributed by atoms with Gasteiger partial charge in [-0.15, -0.1) is 0 Å². The van der Waals surface area contributed by atoms with Crippen molar-refractivity contribution in [2.24, 2.45) is 11.3 Å². The van der Waals surface area contributed by atoms with E-state index in [0.29, 0.717) is 11.8 Å². The molecule has 1 saturated heterocycles. The van der Waals surface area contributed by atoms with Crippen LogP contribution in [0.15, 0.2) is 0 Å². The van der Waals surface area contributed by atoms with Crippen LogP contribution in [0.25, 0.3) is 0 Å². The lowest BCUT2D eigenvalue weighted by Crippen LogP contribution is -2.42. The third kappa shape index (κ3) is 3.67. The summed E-state index contributed by atoms with van der Waals surface area (Å²) in [5.41, 5.74) is 2.57. The summed E-state index contributed by atoms with van der Waals surface area (Å²) in [6.07, 6.45) is 10.1. The van der Waals surface area contributed by atoms with Gasteiger partial charge in [-0.3, -0.25) is 4.79 Å². The van der Waals surface area contributed by atoms with Crippen molar-refractivity contribution in [1.82, 2.24) is 10.5 Å². The molecule has 1 aliphatic carbocycles. The van der Waals surface area contributed by atoms with Crippen LogP contribution in [0, 0.1) is 5.41 Å². The number of nitrogens with one attached hydrogen (secondary N) is 1. The van der Waals surface area contributed by atoms with Gasteiger partial charge < -0.3 is 9.74 Å². The van der Waals surface area contributed by atoms with Crippen LogP contribution in [0.3, 0.4) is 0 Å². The Kier molecular flexibility index (Phi) is 4.97. The summed E-state index contributed by atoms with van der Waals surface area (Å²) in [5.74, 6) is 4.64. The Bertz CT molecular complexity index is 267. The number of rotatable bonds is 4. The van der Waals surface area contributed by atoms with E-state index in [9.17, 15) is 4.79 Å². The number of carbonyl (C=O) groups excluding carboxylic acids is 1. The first-order chi connectivity index (χ1) is 8.74. The third-order valence-electron chi connectivity index (χ3n) is 4.64. The summed E-state index contributed by atoms with van der Waals surface area (Å²) in [6, 6.07) is 0. The van der Waals surface area contributed by atoms with Crippen LogP contribution in [0.4, 0.5) is 0 Å². The quantitative estimate of drug-likeness (QED) is 0.586. The fourth-order valence-electron chi connectivity index (χ4n) is 3.42. The number of hydrogen-bond donors (Lipinski definition) is 2. The van der Waals surface area contributed by atoms with Crippen LogP contribution < -0.4 is 11.4 Å². The van der Waals surface area contributed by atoms with Crippen molar-refractivity contribution >= 4 is 5.97 Å². The van der Waals surface area contributed by atoms with Crippen molar-refractivity contribution in [1.29, 1.82) is 0 Å². The molecule has 2 fully saturated rings. The lowest BCUT2D eigenvalue weighted by Gasteiger charge is -2.44. The highest BCUT2D eigenvalue weighted by Crippen LogP contribution is 2.44. The van der Waals surface area contributed by atoms with Gasteiger partial charge in [0.25, 0.3) is 0 Å². The molecule has 0 atom stereocenters. The second-order valence-corrected chi connectivity index (χ2v) is 5.74. The van der Waals surface area contributed by atoms with Crippen molar-refractivity contribution < 1.29 is 9.63 Å². The maximum absolute atomic E-state index is 11.2. The highest BCUT2D eigenvalue weighted by Gasteiger charge is 2.35. The van der Waals surface area contributed by atoms with E-state index in [2.05, 4.69) is 9.74 Å². The van der Waals surface area contributed by atoms with E-state index in [-0.39, 0.29) is 5.97 Å². The molecule has 1 spiro atoms. The Hall–Kier alpha value is -0.650. The second kappa shape index (κ2) is 6.50. The molecule has 2 aliphatic rings. The molecule has 18 heavy (non-hydrogen) atoms. The monoisotopic (exact) mass is 255 g/mol. The molecular formula is C13H25N3O2. The second-order valence-electron chi connectivity index (χ2n) is 5.74. The van der Waals surface area contributed by atoms with Gasteiger partial charge >= 0.3 is 5.97 Å². The number of carbonyl (C=O) groups is 1. The molecule has 3 N–H and O–H groups in total. The Morgan fingerprint density at radius 3 is 2.44 bits per heavy atom. The number of hydrazine groups is 1. The number of likely N-dealkylation sites (tertiary alicyclic amines) is 1. The molecule has 0 radical (unpaired) electrons. The molecule has 5 nitrogen and oxygen atoms in total. The molecule has 0 aromatic rings. The van der Waals surface area contributed by atoms with Crippen molar-refractivity contribution in [3.63, 3.8) is 0 Å². The molecule has 1 saturated carbocycles. The van der Waals surface area contributed by atoms with Gasteiger partial charge in [-0.05, 0) is 44.2 Å². The Morgan fingerprint density at radius 2 is 1.83 bits per heavy atom. The molecule has 2 rings (SSSR count). The van der Waals surface area contributed by atoms with Crippen molar-refractivity contribution in [2.45, 2.75) is 51.4 Å². The van der Waals surface area contributed by atoms with Crippen molar-refractivity contribution in [2.75, 3.05) is 19.6 Å². The lowest BCUT2D eigenvalue weighted by atomic mass is 9.68.